The molecule has 0 bridgehead atoms. The summed E-state index contributed by atoms with van der Waals surface area (Å²) >= 11 is 3.47. The molecule has 162 valence electrons. The predicted molar refractivity (Wildman–Crippen MR) is 127 cm³/mol. The minimum absolute atomic E-state index is 0.00257. The zero-order valence-corrected chi connectivity index (χ0v) is 19.7. The van der Waals surface area contributed by atoms with Gasteiger partial charge in [0.25, 0.3) is 5.56 Å². The number of unbranched alkanes of at least 4 members (excludes halogenated alkanes) is 1. The van der Waals surface area contributed by atoms with Gasteiger partial charge in [0.2, 0.25) is 5.78 Å². The molecule has 0 fully saturated rings. The van der Waals surface area contributed by atoms with Crippen LogP contribution in [-0.4, -0.2) is 32.0 Å². The Bertz CT molecular complexity index is 1300. The number of aryl methyl sites for hydroxylation is 1. The maximum absolute atomic E-state index is 13.8. The number of hydrogen-bond acceptors (Lipinski definition) is 6. The van der Waals surface area contributed by atoms with Crippen LogP contribution in [0.2, 0.25) is 0 Å². The summed E-state index contributed by atoms with van der Waals surface area (Å²) < 4.78 is 9.12. The first kappa shape index (κ1) is 20.6. The van der Waals surface area contributed by atoms with Crippen molar-refractivity contribution in [2.24, 2.45) is 5.92 Å². The summed E-state index contributed by atoms with van der Waals surface area (Å²) in [5, 5.41) is 10.7. The summed E-state index contributed by atoms with van der Waals surface area (Å²) in [6.07, 6.45) is 5.39. The molecule has 0 saturated heterocycles. The van der Waals surface area contributed by atoms with Gasteiger partial charge in [0.1, 0.15) is 10.6 Å². The van der Waals surface area contributed by atoms with Crippen molar-refractivity contribution in [1.82, 2.24) is 19.2 Å². The van der Waals surface area contributed by atoms with Crippen LogP contribution in [0.3, 0.4) is 0 Å². The molecule has 1 atom stereocenters. The summed E-state index contributed by atoms with van der Waals surface area (Å²) in [7, 11) is 1.64. The third kappa shape index (κ3) is 3.46. The molecule has 4 aromatic rings. The number of fused-ring (bicyclic) bond motifs is 5. The molecule has 1 aliphatic carbocycles. The zero-order chi connectivity index (χ0) is 21.5. The van der Waals surface area contributed by atoms with Gasteiger partial charge in [-0.3, -0.25) is 4.79 Å². The smallest absolute Gasteiger partial charge is 0.268 e. The van der Waals surface area contributed by atoms with Crippen LogP contribution in [-0.2, 0) is 12.8 Å². The first-order valence-electron chi connectivity index (χ1n) is 10.8. The average Bonchev–Trinajstić information content (AvgIpc) is 3.35. The van der Waals surface area contributed by atoms with Gasteiger partial charge in [-0.2, -0.15) is 0 Å². The fraction of sp³-hybridized carbons (Fsp3) is 0.435. The maximum Gasteiger partial charge on any atom is 0.268 e. The van der Waals surface area contributed by atoms with E-state index in [0.717, 1.165) is 64.7 Å². The van der Waals surface area contributed by atoms with E-state index in [2.05, 4.69) is 28.4 Å². The van der Waals surface area contributed by atoms with Crippen LogP contribution in [0.25, 0.3) is 21.7 Å². The highest BCUT2D eigenvalue weighted by Gasteiger charge is 2.27. The summed E-state index contributed by atoms with van der Waals surface area (Å²) in [6.45, 7) is 4.49. The van der Waals surface area contributed by atoms with Crippen LogP contribution in [0.15, 0.2) is 34.2 Å². The van der Waals surface area contributed by atoms with Crippen molar-refractivity contribution in [1.29, 1.82) is 0 Å². The molecule has 0 N–H and O–H groups in total. The normalized spacial score (nSPS) is 16.2. The molecule has 31 heavy (non-hydrogen) atoms. The van der Waals surface area contributed by atoms with Crippen LogP contribution in [0.4, 0.5) is 0 Å². The van der Waals surface area contributed by atoms with Gasteiger partial charge in [-0.05, 0) is 61.4 Å². The Hall–Kier alpha value is -2.32. The van der Waals surface area contributed by atoms with E-state index in [1.54, 1.807) is 34.8 Å². The van der Waals surface area contributed by atoms with Crippen LogP contribution in [0.1, 0.15) is 43.6 Å². The Morgan fingerprint density at radius 1 is 1.26 bits per heavy atom. The Labute approximate surface area is 189 Å². The molecule has 0 spiro atoms. The van der Waals surface area contributed by atoms with Crippen molar-refractivity contribution in [3.05, 3.63) is 45.1 Å². The van der Waals surface area contributed by atoms with E-state index in [1.807, 2.05) is 24.3 Å². The second-order valence-corrected chi connectivity index (χ2v) is 10.3. The van der Waals surface area contributed by atoms with Crippen LogP contribution < -0.4 is 10.3 Å². The number of thioether (sulfide) groups is 1. The van der Waals surface area contributed by atoms with Gasteiger partial charge in [-0.15, -0.1) is 21.5 Å². The lowest BCUT2D eigenvalue weighted by Crippen LogP contribution is -2.22. The lowest BCUT2D eigenvalue weighted by molar-refractivity contribution is 0.414. The maximum atomic E-state index is 13.8. The Kier molecular flexibility index (Phi) is 5.52. The molecule has 1 aromatic carbocycles. The number of hydrogen-bond donors (Lipinski definition) is 0. The first-order valence-corrected chi connectivity index (χ1v) is 12.6. The summed E-state index contributed by atoms with van der Waals surface area (Å²) in [6, 6.07) is 7.57. The van der Waals surface area contributed by atoms with E-state index in [9.17, 15) is 4.79 Å². The van der Waals surface area contributed by atoms with Crippen LogP contribution in [0, 0.1) is 5.92 Å². The van der Waals surface area contributed by atoms with Gasteiger partial charge in [0, 0.05) is 10.6 Å². The molecular formula is C23H26N4O2S2. The fourth-order valence-electron chi connectivity index (χ4n) is 4.27. The minimum atomic E-state index is -0.00257. The summed E-state index contributed by atoms with van der Waals surface area (Å²) in [4.78, 5) is 16.2. The standard InChI is InChI=1S/C23H26N4O2S2/c1-4-5-12-30-23-25-24-22-26(15-7-9-16(29-3)10-8-15)20(28)19-17-11-6-14(2)13-18(17)31-21(19)27(22)23/h7-10,14H,4-6,11-13H2,1-3H3/t14-/m1/s1. The first-order chi connectivity index (χ1) is 15.1. The van der Waals surface area contributed by atoms with E-state index in [-0.39, 0.29) is 5.56 Å². The largest absolute Gasteiger partial charge is 0.497 e. The average molecular weight is 455 g/mol. The molecule has 1 aliphatic rings. The van der Waals surface area contributed by atoms with E-state index in [0.29, 0.717) is 11.7 Å². The number of nitrogens with zero attached hydrogens (tertiary/aromatic N) is 4. The highest BCUT2D eigenvalue weighted by Crippen LogP contribution is 2.38. The molecule has 0 aliphatic heterocycles. The molecule has 5 rings (SSSR count). The minimum Gasteiger partial charge on any atom is -0.497 e. The summed E-state index contributed by atoms with van der Waals surface area (Å²) in [5.74, 6) is 2.98. The molecule has 3 heterocycles. The second kappa shape index (κ2) is 8.31. The van der Waals surface area contributed by atoms with Crippen molar-refractivity contribution in [2.45, 2.75) is 51.1 Å². The Balaban J connectivity index is 1.81. The van der Waals surface area contributed by atoms with E-state index in [1.165, 1.54) is 10.4 Å². The SMILES string of the molecule is CCCCSc1nnc2n(-c3ccc(OC)cc3)c(=O)c3c4c(sc3n12)C[C@H](C)CC4. The number of methoxy groups -OCH3 is 1. The van der Waals surface area contributed by atoms with Crippen molar-refractivity contribution in [3.8, 4) is 11.4 Å². The van der Waals surface area contributed by atoms with Gasteiger partial charge >= 0.3 is 0 Å². The van der Waals surface area contributed by atoms with Gasteiger partial charge in [-0.25, -0.2) is 8.97 Å². The van der Waals surface area contributed by atoms with Crippen molar-refractivity contribution >= 4 is 39.1 Å². The quantitative estimate of drug-likeness (QED) is 0.299. The predicted octanol–water partition coefficient (Wildman–Crippen LogP) is 5.12. The van der Waals surface area contributed by atoms with Gasteiger partial charge in [0.05, 0.1) is 18.2 Å². The number of aromatic nitrogens is 4. The number of benzene rings is 1. The molecule has 0 amide bonds. The van der Waals surface area contributed by atoms with E-state index in [4.69, 9.17) is 4.74 Å². The molecule has 0 saturated carbocycles. The van der Waals surface area contributed by atoms with Crippen LogP contribution in [0.5, 0.6) is 5.75 Å². The third-order valence-electron chi connectivity index (χ3n) is 5.99. The fourth-order valence-corrected chi connectivity index (χ4v) is 6.84. The van der Waals surface area contributed by atoms with Crippen molar-refractivity contribution < 1.29 is 4.74 Å². The van der Waals surface area contributed by atoms with Crippen molar-refractivity contribution in [3.63, 3.8) is 0 Å². The molecule has 6 nitrogen and oxygen atoms in total. The highest BCUT2D eigenvalue weighted by molar-refractivity contribution is 7.99. The van der Waals surface area contributed by atoms with E-state index < -0.39 is 0 Å². The van der Waals surface area contributed by atoms with Gasteiger partial charge < -0.3 is 4.74 Å². The van der Waals surface area contributed by atoms with Crippen LogP contribution >= 0.6 is 23.1 Å². The monoisotopic (exact) mass is 454 g/mol. The topological polar surface area (TPSA) is 61.4 Å². The molecular weight excluding hydrogens is 428 g/mol. The molecule has 0 unspecified atom stereocenters. The number of rotatable bonds is 6. The van der Waals surface area contributed by atoms with Crippen molar-refractivity contribution in [2.75, 3.05) is 12.9 Å². The number of thiophene rings is 1. The molecule has 8 heteroatoms. The zero-order valence-electron chi connectivity index (χ0n) is 18.1. The van der Waals surface area contributed by atoms with E-state index >= 15 is 0 Å². The second-order valence-electron chi connectivity index (χ2n) is 8.19. The Morgan fingerprint density at radius 2 is 2.06 bits per heavy atom. The highest BCUT2D eigenvalue weighted by atomic mass is 32.2. The lowest BCUT2D eigenvalue weighted by Gasteiger charge is -2.17. The molecule has 0 radical (unpaired) electrons. The third-order valence-corrected chi connectivity index (χ3v) is 8.24. The lowest BCUT2D eigenvalue weighted by atomic mass is 9.89. The van der Waals surface area contributed by atoms with Gasteiger partial charge in [-0.1, -0.05) is 32.0 Å². The Morgan fingerprint density at radius 3 is 2.81 bits per heavy atom. The summed E-state index contributed by atoms with van der Waals surface area (Å²) in [5.41, 5.74) is 2.00. The van der Waals surface area contributed by atoms with Gasteiger partial charge in [0.15, 0.2) is 5.16 Å². The number of ether oxygens (including phenoxy) is 1. The molecule has 3 aromatic heterocycles.